The van der Waals surface area contributed by atoms with Crippen molar-refractivity contribution in [3.8, 4) is 0 Å². The first-order valence-electron chi connectivity index (χ1n) is 7.62. The maximum absolute atomic E-state index is 12.8. The number of carbonyl (C=O) groups is 2. The van der Waals surface area contributed by atoms with E-state index in [2.05, 4.69) is 5.16 Å². The molecule has 3 heterocycles. The van der Waals surface area contributed by atoms with Gasteiger partial charge in [-0.1, -0.05) is 5.16 Å². The first kappa shape index (κ1) is 16.9. The van der Waals surface area contributed by atoms with E-state index >= 15 is 0 Å². The molecule has 0 bridgehead atoms. The van der Waals surface area contributed by atoms with Gasteiger partial charge in [-0.25, -0.2) is 13.2 Å². The summed E-state index contributed by atoms with van der Waals surface area (Å²) < 4.78 is 32.0. The lowest BCUT2D eigenvalue weighted by Crippen LogP contribution is -2.56. The molecule has 2 aliphatic heterocycles. The summed E-state index contributed by atoms with van der Waals surface area (Å²) in [4.78, 5) is 27.1. The topological polar surface area (TPSA) is 104 Å². The maximum atomic E-state index is 12.8. The van der Waals surface area contributed by atoms with E-state index in [-0.39, 0.29) is 48.5 Å². The van der Waals surface area contributed by atoms with Crippen molar-refractivity contribution in [2.45, 2.75) is 37.1 Å². The largest absolute Gasteiger partial charge is 0.360 e. The van der Waals surface area contributed by atoms with Crippen molar-refractivity contribution in [3.63, 3.8) is 0 Å². The summed E-state index contributed by atoms with van der Waals surface area (Å²) in [7, 11) is -0.707. The number of rotatable bonds is 2. The molecular weight excluding hydrogens is 336 g/mol. The summed E-state index contributed by atoms with van der Waals surface area (Å²) in [6.07, 6.45) is 0.530. The first-order valence-corrected chi connectivity index (χ1v) is 9.06. The Hall–Kier alpha value is -1.94. The molecule has 0 saturated carbocycles. The highest BCUT2D eigenvalue weighted by atomic mass is 32.2. The molecule has 10 heteroatoms. The summed E-state index contributed by atoms with van der Waals surface area (Å²) in [5.41, 5.74) is -0.631. The quantitative estimate of drug-likeness (QED) is 0.708. The Labute approximate surface area is 140 Å². The molecule has 132 valence electrons. The molecule has 2 aliphatic rings. The van der Waals surface area contributed by atoms with Gasteiger partial charge >= 0.3 is 6.03 Å². The smallest absolute Gasteiger partial charge is 0.327 e. The number of imide groups is 1. The second kappa shape index (κ2) is 5.28. The van der Waals surface area contributed by atoms with E-state index < -0.39 is 15.6 Å². The Kier molecular flexibility index (Phi) is 3.72. The van der Waals surface area contributed by atoms with Crippen LogP contribution in [0.1, 0.15) is 24.3 Å². The fourth-order valence-electron chi connectivity index (χ4n) is 3.57. The van der Waals surface area contributed by atoms with Crippen LogP contribution in [0.3, 0.4) is 0 Å². The minimum absolute atomic E-state index is 0.0812. The number of amides is 3. The second-order valence-electron chi connectivity index (χ2n) is 6.29. The van der Waals surface area contributed by atoms with Crippen LogP contribution in [0, 0.1) is 13.8 Å². The molecule has 2 saturated heterocycles. The van der Waals surface area contributed by atoms with Gasteiger partial charge in [0.1, 0.15) is 16.1 Å². The molecule has 9 nitrogen and oxygen atoms in total. The lowest BCUT2D eigenvalue weighted by molar-refractivity contribution is -0.133. The van der Waals surface area contributed by atoms with Crippen LogP contribution in [0.25, 0.3) is 0 Å². The molecule has 24 heavy (non-hydrogen) atoms. The molecule has 2 fully saturated rings. The van der Waals surface area contributed by atoms with E-state index in [0.717, 1.165) is 4.90 Å². The molecule has 1 aromatic heterocycles. The van der Waals surface area contributed by atoms with E-state index in [1.807, 2.05) is 0 Å². The standard InChI is InChI=1S/C14H20N4O5S/c1-9-11(10(2)23-15-9)24(21,22)18-7-5-14(6-8-18)12(19)16(3)13(20)17(14)4/h5-8H2,1-4H3. The molecule has 0 unspecified atom stereocenters. The Balaban J connectivity index is 1.86. The second-order valence-corrected chi connectivity index (χ2v) is 8.17. The minimum atomic E-state index is -3.74. The van der Waals surface area contributed by atoms with Crippen molar-refractivity contribution >= 4 is 22.0 Å². The molecular formula is C14H20N4O5S. The summed E-state index contributed by atoms with van der Waals surface area (Å²) >= 11 is 0. The number of sulfonamides is 1. The van der Waals surface area contributed by atoms with Crippen LogP contribution in [-0.4, -0.2) is 72.3 Å². The lowest BCUT2D eigenvalue weighted by atomic mass is 9.87. The number of nitrogens with zero attached hydrogens (tertiary/aromatic N) is 4. The highest BCUT2D eigenvalue weighted by Crippen LogP contribution is 2.37. The van der Waals surface area contributed by atoms with Gasteiger partial charge in [0.25, 0.3) is 5.91 Å². The van der Waals surface area contributed by atoms with Crippen LogP contribution in [0.5, 0.6) is 0 Å². The van der Waals surface area contributed by atoms with Gasteiger partial charge in [0.05, 0.1) is 0 Å². The summed E-state index contributed by atoms with van der Waals surface area (Å²) in [6, 6.07) is -0.359. The van der Waals surface area contributed by atoms with E-state index in [1.165, 1.54) is 16.3 Å². The molecule has 0 N–H and O–H groups in total. The van der Waals surface area contributed by atoms with E-state index in [0.29, 0.717) is 5.69 Å². The molecule has 3 rings (SSSR count). The van der Waals surface area contributed by atoms with Crippen molar-refractivity contribution < 1.29 is 22.5 Å². The predicted molar refractivity (Wildman–Crippen MR) is 82.6 cm³/mol. The highest BCUT2D eigenvalue weighted by Gasteiger charge is 2.56. The van der Waals surface area contributed by atoms with Gasteiger partial charge in [-0.15, -0.1) is 0 Å². The average molecular weight is 356 g/mol. The molecule has 0 aromatic carbocycles. The van der Waals surface area contributed by atoms with Crippen molar-refractivity contribution in [3.05, 3.63) is 11.5 Å². The third-order valence-electron chi connectivity index (χ3n) is 5.03. The minimum Gasteiger partial charge on any atom is -0.360 e. The molecule has 1 spiro atoms. The van der Waals surface area contributed by atoms with Crippen LogP contribution in [0.2, 0.25) is 0 Å². The number of aromatic nitrogens is 1. The number of piperidine rings is 1. The average Bonchev–Trinajstić information content (AvgIpc) is 2.96. The molecule has 0 aliphatic carbocycles. The van der Waals surface area contributed by atoms with Gasteiger partial charge in [-0.05, 0) is 26.7 Å². The first-order chi connectivity index (χ1) is 11.1. The zero-order valence-corrected chi connectivity index (χ0v) is 14.9. The van der Waals surface area contributed by atoms with Crippen LogP contribution >= 0.6 is 0 Å². The molecule has 3 amide bonds. The van der Waals surface area contributed by atoms with Gasteiger partial charge < -0.3 is 9.42 Å². The number of carbonyl (C=O) groups excluding carboxylic acids is 2. The fraction of sp³-hybridized carbons (Fsp3) is 0.643. The van der Waals surface area contributed by atoms with Crippen molar-refractivity contribution in [2.75, 3.05) is 27.2 Å². The number of hydrogen-bond acceptors (Lipinski definition) is 6. The van der Waals surface area contributed by atoms with Gasteiger partial charge in [0.2, 0.25) is 10.0 Å². The molecule has 0 radical (unpaired) electrons. The summed E-state index contributed by atoms with van der Waals surface area (Å²) in [5.74, 6) is -0.0267. The Bertz CT molecular complexity index is 788. The Morgan fingerprint density at radius 1 is 1.12 bits per heavy atom. The SMILES string of the molecule is Cc1noc(C)c1S(=O)(=O)N1CCC2(CC1)C(=O)N(C)C(=O)N2C. The maximum Gasteiger partial charge on any atom is 0.327 e. The fourth-order valence-corrected chi connectivity index (χ4v) is 5.30. The monoisotopic (exact) mass is 356 g/mol. The summed E-state index contributed by atoms with van der Waals surface area (Å²) in [6.45, 7) is 3.45. The lowest BCUT2D eigenvalue weighted by Gasteiger charge is -2.40. The number of hydrogen-bond donors (Lipinski definition) is 0. The zero-order valence-electron chi connectivity index (χ0n) is 14.1. The van der Waals surface area contributed by atoms with Gasteiger partial charge in [-0.3, -0.25) is 9.69 Å². The molecule has 0 atom stereocenters. The van der Waals surface area contributed by atoms with Gasteiger partial charge in [0, 0.05) is 27.2 Å². The summed E-state index contributed by atoms with van der Waals surface area (Å²) in [5, 5.41) is 3.70. The van der Waals surface area contributed by atoms with E-state index in [1.54, 1.807) is 20.9 Å². The van der Waals surface area contributed by atoms with Crippen molar-refractivity contribution in [1.29, 1.82) is 0 Å². The van der Waals surface area contributed by atoms with Crippen LogP contribution in [0.15, 0.2) is 9.42 Å². The normalized spacial score (nSPS) is 22.0. The predicted octanol–water partition coefficient (Wildman–Crippen LogP) is 0.339. The zero-order chi connectivity index (χ0) is 17.9. The Morgan fingerprint density at radius 3 is 2.12 bits per heavy atom. The van der Waals surface area contributed by atoms with Gasteiger partial charge in [-0.2, -0.15) is 4.31 Å². The third kappa shape index (κ3) is 2.09. The Morgan fingerprint density at radius 2 is 1.71 bits per heavy atom. The van der Waals surface area contributed by atoms with Crippen LogP contribution in [-0.2, 0) is 14.8 Å². The number of likely N-dealkylation sites (N-methyl/N-ethyl adjacent to an activating group) is 2. The number of urea groups is 1. The van der Waals surface area contributed by atoms with Crippen molar-refractivity contribution in [1.82, 2.24) is 19.3 Å². The van der Waals surface area contributed by atoms with E-state index in [4.69, 9.17) is 4.52 Å². The van der Waals surface area contributed by atoms with Crippen molar-refractivity contribution in [2.24, 2.45) is 0 Å². The molecule has 1 aromatic rings. The van der Waals surface area contributed by atoms with Gasteiger partial charge in [0.15, 0.2) is 5.76 Å². The third-order valence-corrected chi connectivity index (χ3v) is 7.18. The van der Waals surface area contributed by atoms with Crippen LogP contribution < -0.4 is 0 Å². The number of aryl methyl sites for hydroxylation is 2. The van der Waals surface area contributed by atoms with E-state index in [9.17, 15) is 18.0 Å². The van der Waals surface area contributed by atoms with Crippen LogP contribution in [0.4, 0.5) is 4.79 Å². The highest BCUT2D eigenvalue weighted by molar-refractivity contribution is 7.89.